The van der Waals surface area contributed by atoms with E-state index in [-0.39, 0.29) is 0 Å². The van der Waals surface area contributed by atoms with Gasteiger partial charge in [0.05, 0.1) is 17.9 Å². The molecule has 0 amide bonds. The number of aromatic nitrogens is 1. The van der Waals surface area contributed by atoms with E-state index in [1.165, 1.54) is 30.5 Å². The summed E-state index contributed by atoms with van der Waals surface area (Å²) in [5.41, 5.74) is 4.43. The third-order valence-electron chi connectivity index (χ3n) is 6.13. The smallest absolute Gasteiger partial charge is 0.0944 e. The number of hydrogen-bond acceptors (Lipinski definition) is 4. The summed E-state index contributed by atoms with van der Waals surface area (Å²) in [6.07, 6.45) is 7.07. The summed E-state index contributed by atoms with van der Waals surface area (Å²) in [4.78, 5) is 12.1. The predicted molar refractivity (Wildman–Crippen MR) is 121 cm³/mol. The summed E-state index contributed by atoms with van der Waals surface area (Å²) in [5, 5.41) is 1.18. The van der Waals surface area contributed by atoms with E-state index in [1.54, 1.807) is 0 Å². The van der Waals surface area contributed by atoms with Gasteiger partial charge in [-0.05, 0) is 51.1 Å². The average Bonchev–Trinajstić information content (AvgIpc) is 3.19. The first-order valence-electron chi connectivity index (χ1n) is 10.5. The van der Waals surface area contributed by atoms with Crippen molar-refractivity contribution in [1.82, 2.24) is 14.8 Å². The Morgan fingerprint density at radius 3 is 2.55 bits per heavy atom. The number of hydrogen-bond donors (Lipinski definition) is 0. The van der Waals surface area contributed by atoms with Gasteiger partial charge in [0, 0.05) is 41.6 Å². The van der Waals surface area contributed by atoms with Crippen molar-refractivity contribution in [3.63, 3.8) is 0 Å². The van der Waals surface area contributed by atoms with Gasteiger partial charge in [0.15, 0.2) is 0 Å². The van der Waals surface area contributed by atoms with Gasteiger partial charge in [-0.15, -0.1) is 0 Å². The summed E-state index contributed by atoms with van der Waals surface area (Å²) in [5.74, 6) is 0.846. The van der Waals surface area contributed by atoms with Crippen LogP contribution < -0.4 is 4.90 Å². The maximum Gasteiger partial charge on any atom is 0.0944 e. The summed E-state index contributed by atoms with van der Waals surface area (Å²) < 4.78 is 0. The molecule has 1 saturated carbocycles. The SMILES string of the molecule is CN(C)CC1CC(N2C=CN(c3ccc4ccc(-c5ccccc5)nc4c3)C2)C1. The second kappa shape index (κ2) is 7.53. The van der Waals surface area contributed by atoms with Gasteiger partial charge in [0.2, 0.25) is 0 Å². The Morgan fingerprint density at radius 1 is 0.966 bits per heavy atom. The van der Waals surface area contributed by atoms with Gasteiger partial charge in [-0.3, -0.25) is 0 Å². The van der Waals surface area contributed by atoms with Crippen LogP contribution in [0, 0.1) is 5.92 Å². The Morgan fingerprint density at radius 2 is 1.76 bits per heavy atom. The van der Waals surface area contributed by atoms with Crippen LogP contribution in [0.15, 0.2) is 73.1 Å². The van der Waals surface area contributed by atoms with Crippen LogP contribution >= 0.6 is 0 Å². The van der Waals surface area contributed by atoms with Crippen LogP contribution in [0.5, 0.6) is 0 Å². The van der Waals surface area contributed by atoms with E-state index in [0.29, 0.717) is 6.04 Å². The van der Waals surface area contributed by atoms with E-state index in [0.717, 1.165) is 29.4 Å². The first kappa shape index (κ1) is 18.2. The van der Waals surface area contributed by atoms with E-state index >= 15 is 0 Å². The molecule has 29 heavy (non-hydrogen) atoms. The van der Waals surface area contributed by atoms with E-state index in [4.69, 9.17) is 4.98 Å². The third-order valence-corrected chi connectivity index (χ3v) is 6.13. The van der Waals surface area contributed by atoms with Crippen LogP contribution in [0.25, 0.3) is 22.2 Å². The quantitative estimate of drug-likeness (QED) is 0.631. The highest BCUT2D eigenvalue weighted by Gasteiger charge is 2.34. The van der Waals surface area contributed by atoms with Crippen LogP contribution in [0.1, 0.15) is 12.8 Å². The Balaban J connectivity index is 1.30. The van der Waals surface area contributed by atoms with Crippen molar-refractivity contribution >= 4 is 16.6 Å². The molecule has 4 nitrogen and oxygen atoms in total. The molecular weight excluding hydrogens is 356 g/mol. The molecule has 1 aliphatic carbocycles. The van der Waals surface area contributed by atoms with Crippen LogP contribution in [-0.4, -0.2) is 48.1 Å². The lowest BCUT2D eigenvalue weighted by Gasteiger charge is -2.42. The topological polar surface area (TPSA) is 22.6 Å². The molecule has 0 unspecified atom stereocenters. The van der Waals surface area contributed by atoms with Crippen LogP contribution in [0.3, 0.4) is 0 Å². The highest BCUT2D eigenvalue weighted by molar-refractivity contribution is 5.85. The van der Waals surface area contributed by atoms with E-state index in [9.17, 15) is 0 Å². The summed E-state index contributed by atoms with van der Waals surface area (Å²) >= 11 is 0. The van der Waals surface area contributed by atoms with Gasteiger partial charge < -0.3 is 14.7 Å². The minimum atomic E-state index is 0.685. The minimum Gasteiger partial charge on any atom is -0.355 e. The lowest BCUT2D eigenvalue weighted by molar-refractivity contribution is 0.105. The van der Waals surface area contributed by atoms with Crippen LogP contribution in [-0.2, 0) is 0 Å². The lowest BCUT2D eigenvalue weighted by atomic mass is 9.79. The molecule has 3 aromatic rings. The maximum atomic E-state index is 4.93. The molecule has 2 aliphatic rings. The molecule has 0 spiro atoms. The summed E-state index contributed by atoms with van der Waals surface area (Å²) in [7, 11) is 4.34. The molecule has 2 heterocycles. The first-order chi connectivity index (χ1) is 14.2. The minimum absolute atomic E-state index is 0.685. The van der Waals surface area contributed by atoms with Crippen molar-refractivity contribution in [2.75, 3.05) is 32.2 Å². The van der Waals surface area contributed by atoms with Gasteiger partial charge in [-0.1, -0.05) is 42.5 Å². The van der Waals surface area contributed by atoms with Crippen molar-refractivity contribution in [3.05, 3.63) is 73.1 Å². The number of nitrogens with zero attached hydrogens (tertiary/aromatic N) is 4. The van der Waals surface area contributed by atoms with Crippen molar-refractivity contribution < 1.29 is 0 Å². The maximum absolute atomic E-state index is 4.93. The van der Waals surface area contributed by atoms with Crippen LogP contribution in [0.2, 0.25) is 0 Å². The summed E-state index contributed by atoms with van der Waals surface area (Å²) in [6.45, 7) is 2.14. The molecule has 0 bridgehead atoms. The Labute approximate surface area is 173 Å². The van der Waals surface area contributed by atoms with Gasteiger partial charge in [-0.2, -0.15) is 0 Å². The standard InChI is InChI=1S/C25H28N4/c1-27(2)17-19-14-23(15-19)29-13-12-28(18-29)22-10-8-21-9-11-24(26-25(21)16-22)20-6-4-3-5-7-20/h3-13,16,19,23H,14-15,17-18H2,1-2H3. The molecular formula is C25H28N4. The van der Waals surface area contributed by atoms with E-state index in [1.807, 2.05) is 6.07 Å². The first-order valence-corrected chi connectivity index (χ1v) is 10.5. The molecule has 2 aromatic carbocycles. The highest BCUT2D eigenvalue weighted by Crippen LogP contribution is 2.35. The summed E-state index contributed by atoms with van der Waals surface area (Å²) in [6, 6.07) is 21.9. The van der Waals surface area contributed by atoms with Crippen molar-refractivity contribution in [2.45, 2.75) is 18.9 Å². The van der Waals surface area contributed by atoms with Gasteiger partial charge >= 0.3 is 0 Å². The van der Waals surface area contributed by atoms with E-state index in [2.05, 4.69) is 95.8 Å². The third kappa shape index (κ3) is 3.73. The highest BCUT2D eigenvalue weighted by atomic mass is 15.4. The molecule has 0 N–H and O–H groups in total. The second-order valence-electron chi connectivity index (χ2n) is 8.62. The fourth-order valence-electron chi connectivity index (χ4n) is 4.53. The largest absolute Gasteiger partial charge is 0.355 e. The Hall–Kier alpha value is -2.85. The molecule has 1 aliphatic heterocycles. The zero-order valence-electron chi connectivity index (χ0n) is 17.2. The predicted octanol–water partition coefficient (Wildman–Crippen LogP) is 4.79. The van der Waals surface area contributed by atoms with Crippen molar-refractivity contribution in [3.8, 4) is 11.3 Å². The Kier molecular flexibility index (Phi) is 4.72. The molecule has 148 valence electrons. The van der Waals surface area contributed by atoms with Gasteiger partial charge in [0.1, 0.15) is 0 Å². The number of anilines is 1. The number of rotatable bonds is 5. The number of fused-ring (bicyclic) bond motifs is 1. The molecule has 0 radical (unpaired) electrons. The van der Waals surface area contributed by atoms with E-state index < -0.39 is 0 Å². The molecule has 5 rings (SSSR count). The molecule has 0 saturated heterocycles. The average molecular weight is 385 g/mol. The van der Waals surface area contributed by atoms with Crippen LogP contribution in [0.4, 0.5) is 5.69 Å². The van der Waals surface area contributed by atoms with Gasteiger partial charge in [-0.25, -0.2) is 4.98 Å². The zero-order valence-corrected chi connectivity index (χ0v) is 17.2. The number of benzene rings is 2. The Bertz CT molecular complexity index is 1020. The number of pyridine rings is 1. The molecule has 4 heteroatoms. The second-order valence-corrected chi connectivity index (χ2v) is 8.62. The van der Waals surface area contributed by atoms with Gasteiger partial charge in [0.25, 0.3) is 0 Å². The monoisotopic (exact) mass is 384 g/mol. The lowest BCUT2D eigenvalue weighted by Crippen LogP contribution is -2.45. The molecule has 0 atom stereocenters. The van der Waals surface area contributed by atoms with Crippen molar-refractivity contribution in [1.29, 1.82) is 0 Å². The molecule has 1 aromatic heterocycles. The fourth-order valence-corrected chi connectivity index (χ4v) is 4.53. The zero-order chi connectivity index (χ0) is 19.8. The molecule has 1 fully saturated rings. The normalized spacial score (nSPS) is 21.2. The van der Waals surface area contributed by atoms with Crippen molar-refractivity contribution in [2.24, 2.45) is 5.92 Å². The fraction of sp³-hybridized carbons (Fsp3) is 0.320.